The van der Waals surface area contributed by atoms with E-state index >= 15 is 0 Å². The van der Waals surface area contributed by atoms with Crippen molar-refractivity contribution in [3.05, 3.63) is 54.0 Å². The standard InChI is InChI=1S/C17H19N5O2/c1-3-12(2)22-10-15(8-18-22)16-11-21(20-19-16)9-13-4-6-14(7-5-13)17(23)24/h4-8,10-12H,3,9H2,1-2H3,(H,23,24). The first-order valence-electron chi connectivity index (χ1n) is 7.83. The Labute approximate surface area is 139 Å². The number of carboxylic acid groups (broad SMARTS) is 1. The molecule has 0 saturated heterocycles. The van der Waals surface area contributed by atoms with Crippen LogP contribution in [-0.2, 0) is 6.54 Å². The molecular formula is C17H19N5O2. The third-order valence-electron chi connectivity index (χ3n) is 4.02. The summed E-state index contributed by atoms with van der Waals surface area (Å²) in [5.74, 6) is -0.928. The largest absolute Gasteiger partial charge is 0.478 e. The van der Waals surface area contributed by atoms with E-state index in [1.54, 1.807) is 35.1 Å². The molecule has 0 saturated carbocycles. The van der Waals surface area contributed by atoms with Gasteiger partial charge >= 0.3 is 5.97 Å². The summed E-state index contributed by atoms with van der Waals surface area (Å²) in [6, 6.07) is 7.09. The third-order valence-corrected chi connectivity index (χ3v) is 4.02. The SMILES string of the molecule is CCC(C)n1cc(-c2cn(Cc3ccc(C(=O)O)cc3)nn2)cn1. The van der Waals surface area contributed by atoms with Gasteiger partial charge in [0.05, 0.1) is 24.5 Å². The molecule has 7 nitrogen and oxygen atoms in total. The van der Waals surface area contributed by atoms with E-state index in [1.165, 1.54) is 0 Å². The maximum absolute atomic E-state index is 10.9. The second kappa shape index (κ2) is 6.66. The molecule has 1 unspecified atom stereocenters. The zero-order chi connectivity index (χ0) is 17.1. The van der Waals surface area contributed by atoms with Crippen molar-refractivity contribution in [2.45, 2.75) is 32.9 Å². The lowest BCUT2D eigenvalue weighted by molar-refractivity contribution is 0.0697. The maximum Gasteiger partial charge on any atom is 0.335 e. The lowest BCUT2D eigenvalue weighted by Crippen LogP contribution is -2.03. The van der Waals surface area contributed by atoms with Crippen molar-refractivity contribution in [2.24, 2.45) is 0 Å². The van der Waals surface area contributed by atoms with E-state index in [0.29, 0.717) is 12.6 Å². The van der Waals surface area contributed by atoms with Gasteiger partial charge in [-0.1, -0.05) is 24.3 Å². The number of carboxylic acids is 1. The molecule has 0 aliphatic carbocycles. The van der Waals surface area contributed by atoms with Crippen LogP contribution >= 0.6 is 0 Å². The van der Waals surface area contributed by atoms with E-state index in [9.17, 15) is 4.79 Å². The first-order valence-corrected chi connectivity index (χ1v) is 7.83. The number of aromatic nitrogens is 5. The van der Waals surface area contributed by atoms with Gasteiger partial charge in [-0.15, -0.1) is 5.10 Å². The Morgan fingerprint density at radius 2 is 2.00 bits per heavy atom. The van der Waals surface area contributed by atoms with Gasteiger partial charge in [0.25, 0.3) is 0 Å². The molecule has 0 bridgehead atoms. The molecule has 1 N–H and O–H groups in total. The van der Waals surface area contributed by atoms with Crippen LogP contribution in [0.4, 0.5) is 0 Å². The molecule has 2 aromatic heterocycles. The Kier molecular flexibility index (Phi) is 4.41. The maximum atomic E-state index is 10.9. The monoisotopic (exact) mass is 325 g/mol. The molecule has 0 spiro atoms. The van der Waals surface area contributed by atoms with Crippen molar-refractivity contribution in [1.82, 2.24) is 24.8 Å². The number of aromatic carboxylic acids is 1. The van der Waals surface area contributed by atoms with Gasteiger partial charge < -0.3 is 5.11 Å². The molecule has 3 rings (SSSR count). The predicted molar refractivity (Wildman–Crippen MR) is 88.7 cm³/mol. The van der Waals surface area contributed by atoms with Crippen LogP contribution in [0.1, 0.15) is 42.2 Å². The fourth-order valence-electron chi connectivity index (χ4n) is 2.35. The highest BCUT2D eigenvalue weighted by atomic mass is 16.4. The fourth-order valence-corrected chi connectivity index (χ4v) is 2.35. The molecule has 0 radical (unpaired) electrons. The smallest absolute Gasteiger partial charge is 0.335 e. The number of carbonyl (C=O) groups is 1. The molecule has 24 heavy (non-hydrogen) atoms. The van der Waals surface area contributed by atoms with E-state index in [1.807, 2.05) is 17.1 Å². The molecule has 124 valence electrons. The predicted octanol–water partition coefficient (Wildman–Crippen LogP) is 2.86. The van der Waals surface area contributed by atoms with Crippen LogP contribution in [0.25, 0.3) is 11.3 Å². The van der Waals surface area contributed by atoms with Gasteiger partial charge in [0.15, 0.2) is 0 Å². The van der Waals surface area contributed by atoms with Gasteiger partial charge in [0, 0.05) is 17.8 Å². The van der Waals surface area contributed by atoms with Crippen LogP contribution < -0.4 is 0 Å². The summed E-state index contributed by atoms with van der Waals surface area (Å²) in [7, 11) is 0. The quantitative estimate of drug-likeness (QED) is 0.753. The van der Waals surface area contributed by atoms with Crippen molar-refractivity contribution < 1.29 is 9.90 Å². The van der Waals surface area contributed by atoms with Crippen molar-refractivity contribution in [3.8, 4) is 11.3 Å². The second-order valence-electron chi connectivity index (χ2n) is 5.77. The van der Waals surface area contributed by atoms with Crippen LogP contribution in [0.15, 0.2) is 42.9 Å². The van der Waals surface area contributed by atoms with E-state index in [4.69, 9.17) is 5.11 Å². The zero-order valence-electron chi connectivity index (χ0n) is 13.6. The summed E-state index contributed by atoms with van der Waals surface area (Å²) in [6.45, 7) is 4.78. The summed E-state index contributed by atoms with van der Waals surface area (Å²) in [6.07, 6.45) is 6.65. The Bertz CT molecular complexity index is 835. The number of rotatable bonds is 6. The van der Waals surface area contributed by atoms with Crippen LogP contribution in [-0.4, -0.2) is 35.9 Å². The molecule has 1 atom stereocenters. The topological polar surface area (TPSA) is 85.8 Å². The molecule has 3 aromatic rings. The number of hydrogen-bond donors (Lipinski definition) is 1. The Hall–Kier alpha value is -2.96. The van der Waals surface area contributed by atoms with Crippen LogP contribution in [0, 0.1) is 0 Å². The minimum atomic E-state index is -0.928. The van der Waals surface area contributed by atoms with E-state index in [2.05, 4.69) is 29.3 Å². The lowest BCUT2D eigenvalue weighted by atomic mass is 10.1. The second-order valence-corrected chi connectivity index (χ2v) is 5.77. The third kappa shape index (κ3) is 3.34. The highest BCUT2D eigenvalue weighted by molar-refractivity contribution is 5.87. The average molecular weight is 325 g/mol. The Morgan fingerprint density at radius 1 is 1.25 bits per heavy atom. The van der Waals surface area contributed by atoms with Crippen molar-refractivity contribution in [1.29, 1.82) is 0 Å². The van der Waals surface area contributed by atoms with Crippen molar-refractivity contribution in [3.63, 3.8) is 0 Å². The highest BCUT2D eigenvalue weighted by Crippen LogP contribution is 2.18. The number of nitrogens with zero attached hydrogens (tertiary/aromatic N) is 5. The Morgan fingerprint density at radius 3 is 2.67 bits per heavy atom. The summed E-state index contributed by atoms with van der Waals surface area (Å²) < 4.78 is 3.66. The summed E-state index contributed by atoms with van der Waals surface area (Å²) in [5.41, 5.74) is 2.94. The Balaban J connectivity index is 1.73. The molecule has 0 aliphatic rings. The first-order chi connectivity index (χ1) is 11.6. The molecule has 2 heterocycles. The van der Waals surface area contributed by atoms with Crippen molar-refractivity contribution in [2.75, 3.05) is 0 Å². The van der Waals surface area contributed by atoms with Gasteiger partial charge in [-0.05, 0) is 31.0 Å². The summed E-state index contributed by atoms with van der Waals surface area (Å²) in [5, 5.41) is 21.6. The van der Waals surface area contributed by atoms with Crippen molar-refractivity contribution >= 4 is 5.97 Å². The van der Waals surface area contributed by atoms with Crippen LogP contribution in [0.5, 0.6) is 0 Å². The summed E-state index contributed by atoms with van der Waals surface area (Å²) in [4.78, 5) is 10.9. The molecule has 7 heteroatoms. The van der Waals surface area contributed by atoms with E-state index in [0.717, 1.165) is 23.2 Å². The molecule has 1 aromatic carbocycles. The zero-order valence-corrected chi connectivity index (χ0v) is 13.6. The lowest BCUT2D eigenvalue weighted by Gasteiger charge is -2.07. The van der Waals surface area contributed by atoms with Crippen LogP contribution in [0.2, 0.25) is 0 Å². The minimum Gasteiger partial charge on any atom is -0.478 e. The minimum absolute atomic E-state index is 0.274. The highest BCUT2D eigenvalue weighted by Gasteiger charge is 2.10. The van der Waals surface area contributed by atoms with E-state index < -0.39 is 5.97 Å². The molecule has 0 aliphatic heterocycles. The van der Waals surface area contributed by atoms with Gasteiger partial charge in [-0.2, -0.15) is 5.10 Å². The summed E-state index contributed by atoms with van der Waals surface area (Å²) >= 11 is 0. The molecule has 0 amide bonds. The van der Waals surface area contributed by atoms with Gasteiger partial charge in [0.2, 0.25) is 0 Å². The fraction of sp³-hybridized carbons (Fsp3) is 0.294. The van der Waals surface area contributed by atoms with Crippen LogP contribution in [0.3, 0.4) is 0 Å². The number of benzene rings is 1. The average Bonchev–Trinajstić information content (AvgIpc) is 3.23. The first kappa shape index (κ1) is 15.9. The molecular weight excluding hydrogens is 306 g/mol. The van der Waals surface area contributed by atoms with Gasteiger partial charge in [-0.3, -0.25) is 4.68 Å². The number of hydrogen-bond acceptors (Lipinski definition) is 4. The molecule has 0 fully saturated rings. The normalized spacial score (nSPS) is 12.2. The van der Waals surface area contributed by atoms with Gasteiger partial charge in [-0.25, -0.2) is 9.48 Å². The van der Waals surface area contributed by atoms with E-state index in [-0.39, 0.29) is 5.56 Å². The van der Waals surface area contributed by atoms with Gasteiger partial charge in [0.1, 0.15) is 5.69 Å².